The molecular formula is C14H12F3NO3. The maximum absolute atomic E-state index is 12.7. The number of imide groups is 1. The average molecular weight is 299 g/mol. The highest BCUT2D eigenvalue weighted by Crippen LogP contribution is 2.34. The van der Waals surface area contributed by atoms with E-state index in [0.717, 1.165) is 23.1 Å². The standard InChI is InChI=1S/C14H12F3NO3/c1-8(19)5-9-6-12(20)18(13(9)21)11-4-2-3-10(7-11)14(15,16)17/h2-4,7,9H,5-6H2,1H3/t9-/m0/s1. The van der Waals surface area contributed by atoms with Crippen LogP contribution in [-0.4, -0.2) is 17.6 Å². The van der Waals surface area contributed by atoms with Gasteiger partial charge in [0.2, 0.25) is 11.8 Å². The highest BCUT2D eigenvalue weighted by molar-refractivity contribution is 6.21. The molecule has 1 aliphatic heterocycles. The number of halogens is 3. The van der Waals surface area contributed by atoms with E-state index in [9.17, 15) is 27.6 Å². The quantitative estimate of drug-likeness (QED) is 0.806. The van der Waals surface area contributed by atoms with E-state index in [2.05, 4.69) is 0 Å². The molecule has 0 aliphatic carbocycles. The van der Waals surface area contributed by atoms with Gasteiger partial charge in [-0.25, -0.2) is 0 Å². The second-order valence-electron chi connectivity index (χ2n) is 4.92. The Bertz CT molecular complexity index is 610. The number of Topliss-reactive ketones (excluding diaryl/α,β-unsaturated/α-hetero) is 1. The van der Waals surface area contributed by atoms with Crippen LogP contribution < -0.4 is 4.90 Å². The summed E-state index contributed by atoms with van der Waals surface area (Å²) < 4.78 is 38.0. The lowest BCUT2D eigenvalue weighted by molar-refractivity contribution is -0.137. The summed E-state index contributed by atoms with van der Waals surface area (Å²) in [6, 6.07) is 4.02. The fourth-order valence-corrected chi connectivity index (χ4v) is 2.29. The van der Waals surface area contributed by atoms with Crippen molar-refractivity contribution in [2.75, 3.05) is 4.90 Å². The van der Waals surface area contributed by atoms with Crippen LogP contribution >= 0.6 is 0 Å². The fourth-order valence-electron chi connectivity index (χ4n) is 2.29. The molecule has 1 fully saturated rings. The monoisotopic (exact) mass is 299 g/mol. The zero-order valence-corrected chi connectivity index (χ0v) is 11.1. The summed E-state index contributed by atoms with van der Waals surface area (Å²) >= 11 is 0. The minimum absolute atomic E-state index is 0.0833. The Morgan fingerprint density at radius 3 is 2.57 bits per heavy atom. The molecule has 1 aliphatic rings. The van der Waals surface area contributed by atoms with Gasteiger partial charge in [0, 0.05) is 12.8 Å². The number of nitrogens with zero attached hydrogens (tertiary/aromatic N) is 1. The zero-order valence-electron chi connectivity index (χ0n) is 11.1. The van der Waals surface area contributed by atoms with E-state index < -0.39 is 29.5 Å². The van der Waals surface area contributed by atoms with Gasteiger partial charge in [-0.2, -0.15) is 13.2 Å². The molecule has 7 heteroatoms. The summed E-state index contributed by atoms with van der Waals surface area (Å²) in [6.45, 7) is 1.30. The molecule has 2 rings (SSSR count). The van der Waals surface area contributed by atoms with Gasteiger partial charge in [-0.05, 0) is 25.1 Å². The maximum atomic E-state index is 12.7. The van der Waals surface area contributed by atoms with Gasteiger partial charge in [-0.1, -0.05) is 6.07 Å². The molecule has 4 nitrogen and oxygen atoms in total. The van der Waals surface area contributed by atoms with Crippen molar-refractivity contribution in [3.63, 3.8) is 0 Å². The van der Waals surface area contributed by atoms with Crippen LogP contribution in [0.3, 0.4) is 0 Å². The number of hydrogen-bond donors (Lipinski definition) is 0. The van der Waals surface area contributed by atoms with E-state index in [1.54, 1.807) is 0 Å². The van der Waals surface area contributed by atoms with E-state index in [-0.39, 0.29) is 24.3 Å². The van der Waals surface area contributed by atoms with Crippen LogP contribution in [0, 0.1) is 5.92 Å². The predicted molar refractivity (Wildman–Crippen MR) is 67.3 cm³/mol. The number of carbonyl (C=O) groups excluding carboxylic acids is 3. The molecule has 0 radical (unpaired) electrons. The molecule has 0 N–H and O–H groups in total. The largest absolute Gasteiger partial charge is 0.416 e. The van der Waals surface area contributed by atoms with Crippen LogP contribution in [0.1, 0.15) is 25.3 Å². The van der Waals surface area contributed by atoms with Crippen LogP contribution in [0.2, 0.25) is 0 Å². The van der Waals surface area contributed by atoms with E-state index in [1.165, 1.54) is 13.0 Å². The number of alkyl halides is 3. The molecule has 0 aromatic heterocycles. The normalized spacial score (nSPS) is 19.2. The molecule has 0 spiro atoms. The summed E-state index contributed by atoms with van der Waals surface area (Å²) in [7, 11) is 0. The summed E-state index contributed by atoms with van der Waals surface area (Å²) in [5, 5.41) is 0. The number of carbonyl (C=O) groups is 3. The first kappa shape index (κ1) is 15.2. The van der Waals surface area contributed by atoms with Crippen molar-refractivity contribution in [1.82, 2.24) is 0 Å². The molecule has 1 aromatic rings. The number of anilines is 1. The molecule has 0 bridgehead atoms. The highest BCUT2D eigenvalue weighted by Gasteiger charge is 2.40. The number of hydrogen-bond acceptors (Lipinski definition) is 3. The van der Waals surface area contributed by atoms with E-state index in [0.29, 0.717) is 0 Å². The Morgan fingerprint density at radius 2 is 2.00 bits per heavy atom. The second-order valence-corrected chi connectivity index (χ2v) is 4.92. The number of amides is 2. The Balaban J connectivity index is 2.32. The second kappa shape index (κ2) is 5.31. The number of benzene rings is 1. The Hall–Kier alpha value is -2.18. The molecule has 1 aromatic carbocycles. The van der Waals surface area contributed by atoms with Crippen LogP contribution in [0.15, 0.2) is 24.3 Å². The molecule has 0 saturated carbocycles. The number of rotatable bonds is 3. The van der Waals surface area contributed by atoms with E-state index >= 15 is 0 Å². The minimum atomic E-state index is -4.55. The van der Waals surface area contributed by atoms with Crippen LogP contribution in [-0.2, 0) is 20.6 Å². The molecule has 2 amide bonds. The van der Waals surface area contributed by atoms with Gasteiger partial charge < -0.3 is 4.79 Å². The fraction of sp³-hybridized carbons (Fsp3) is 0.357. The van der Waals surface area contributed by atoms with Gasteiger partial charge >= 0.3 is 6.18 Å². The van der Waals surface area contributed by atoms with Gasteiger partial charge in [0.1, 0.15) is 5.78 Å². The summed E-state index contributed by atoms with van der Waals surface area (Å²) in [6.07, 6.45) is -4.80. The van der Waals surface area contributed by atoms with Gasteiger partial charge in [-0.3, -0.25) is 14.5 Å². The van der Waals surface area contributed by atoms with Crippen LogP contribution in [0.5, 0.6) is 0 Å². The Kier molecular flexibility index (Phi) is 3.85. The predicted octanol–water partition coefficient (Wildman–Crippen LogP) is 2.56. The van der Waals surface area contributed by atoms with Gasteiger partial charge in [0.05, 0.1) is 17.2 Å². The first-order valence-electron chi connectivity index (χ1n) is 6.23. The minimum Gasteiger partial charge on any atom is -0.300 e. The third-order valence-corrected chi connectivity index (χ3v) is 3.21. The molecule has 0 unspecified atom stereocenters. The molecular weight excluding hydrogens is 287 g/mol. The van der Waals surface area contributed by atoms with Crippen LogP contribution in [0.4, 0.5) is 18.9 Å². The van der Waals surface area contributed by atoms with Gasteiger partial charge in [0.15, 0.2) is 0 Å². The third kappa shape index (κ3) is 3.12. The smallest absolute Gasteiger partial charge is 0.300 e. The van der Waals surface area contributed by atoms with Crippen molar-refractivity contribution in [3.8, 4) is 0 Å². The average Bonchev–Trinajstić information content (AvgIpc) is 2.63. The van der Waals surface area contributed by atoms with Crippen molar-refractivity contribution in [1.29, 1.82) is 0 Å². The number of ketones is 1. The summed E-state index contributed by atoms with van der Waals surface area (Å²) in [5.74, 6) is -2.25. The maximum Gasteiger partial charge on any atom is 0.416 e. The highest BCUT2D eigenvalue weighted by atomic mass is 19.4. The zero-order chi connectivity index (χ0) is 15.8. The lowest BCUT2D eigenvalue weighted by atomic mass is 10.0. The van der Waals surface area contributed by atoms with Gasteiger partial charge in [0.25, 0.3) is 0 Å². The third-order valence-electron chi connectivity index (χ3n) is 3.21. The summed E-state index contributed by atoms with van der Waals surface area (Å²) in [5.41, 5.74) is -1.05. The van der Waals surface area contributed by atoms with Gasteiger partial charge in [-0.15, -0.1) is 0 Å². The SMILES string of the molecule is CC(=O)C[C@H]1CC(=O)N(c2cccc(C(F)(F)F)c2)C1=O. The molecule has 112 valence electrons. The molecule has 1 atom stereocenters. The van der Waals surface area contributed by atoms with Crippen molar-refractivity contribution >= 4 is 23.3 Å². The van der Waals surface area contributed by atoms with E-state index in [1.807, 2.05) is 0 Å². The first-order chi connectivity index (χ1) is 9.70. The molecule has 1 heterocycles. The Morgan fingerprint density at radius 1 is 1.33 bits per heavy atom. The van der Waals surface area contributed by atoms with Crippen molar-refractivity contribution in [2.45, 2.75) is 25.9 Å². The van der Waals surface area contributed by atoms with Crippen molar-refractivity contribution in [2.24, 2.45) is 5.92 Å². The topological polar surface area (TPSA) is 54.5 Å². The summed E-state index contributed by atoms with van der Waals surface area (Å²) in [4.78, 5) is 35.7. The lowest BCUT2D eigenvalue weighted by Gasteiger charge is -2.16. The van der Waals surface area contributed by atoms with Crippen molar-refractivity contribution < 1.29 is 27.6 Å². The van der Waals surface area contributed by atoms with Crippen LogP contribution in [0.25, 0.3) is 0 Å². The Labute approximate surface area is 118 Å². The molecule has 1 saturated heterocycles. The van der Waals surface area contributed by atoms with E-state index in [4.69, 9.17) is 0 Å². The molecule has 21 heavy (non-hydrogen) atoms. The lowest BCUT2D eigenvalue weighted by Crippen LogP contribution is -2.31. The first-order valence-corrected chi connectivity index (χ1v) is 6.23. The van der Waals surface area contributed by atoms with Crippen molar-refractivity contribution in [3.05, 3.63) is 29.8 Å².